The molecule has 0 spiro atoms. The Morgan fingerprint density at radius 2 is 1.79 bits per heavy atom. The van der Waals surface area contributed by atoms with Crippen LogP contribution in [-0.2, 0) is 5.41 Å². The lowest BCUT2D eigenvalue weighted by Gasteiger charge is -2.35. The summed E-state index contributed by atoms with van der Waals surface area (Å²) in [6.07, 6.45) is 0. The van der Waals surface area contributed by atoms with Crippen LogP contribution in [0.15, 0.2) is 18.2 Å². The van der Waals surface area contributed by atoms with E-state index in [0.29, 0.717) is 12.5 Å². The molecule has 3 rings (SSSR count). The van der Waals surface area contributed by atoms with E-state index < -0.39 is 0 Å². The SMILES string of the molecule is CCOc1cccc(N2CCN(c3nnc(C(C)(C)C)s3)CC2)n1. The molecule has 1 fully saturated rings. The van der Waals surface area contributed by atoms with Crippen LogP contribution in [0.2, 0.25) is 0 Å². The first kappa shape index (κ1) is 17.0. The van der Waals surface area contributed by atoms with Crippen LogP contribution < -0.4 is 14.5 Å². The number of pyridine rings is 1. The van der Waals surface area contributed by atoms with Crippen molar-refractivity contribution >= 4 is 22.3 Å². The number of hydrogen-bond acceptors (Lipinski definition) is 7. The molecule has 1 saturated heterocycles. The molecule has 0 N–H and O–H groups in total. The van der Waals surface area contributed by atoms with Gasteiger partial charge in [-0.1, -0.05) is 38.2 Å². The molecule has 130 valence electrons. The van der Waals surface area contributed by atoms with Gasteiger partial charge in [-0.2, -0.15) is 4.98 Å². The lowest BCUT2D eigenvalue weighted by atomic mass is 9.98. The third-order valence-corrected chi connectivity index (χ3v) is 5.34. The highest BCUT2D eigenvalue weighted by atomic mass is 32.1. The summed E-state index contributed by atoms with van der Waals surface area (Å²) in [6.45, 7) is 12.8. The summed E-state index contributed by atoms with van der Waals surface area (Å²) in [4.78, 5) is 9.19. The summed E-state index contributed by atoms with van der Waals surface area (Å²) in [6, 6.07) is 5.94. The fourth-order valence-electron chi connectivity index (χ4n) is 2.58. The standard InChI is InChI=1S/C17H25N5OS/c1-5-23-14-8-6-7-13(18-14)21-9-11-22(12-10-21)16-20-19-15(24-16)17(2,3)4/h6-8H,5,9-12H2,1-4H3. The van der Waals surface area contributed by atoms with E-state index in [0.717, 1.165) is 42.1 Å². The maximum Gasteiger partial charge on any atom is 0.215 e. The van der Waals surface area contributed by atoms with Crippen molar-refractivity contribution in [1.82, 2.24) is 15.2 Å². The molecular formula is C17H25N5OS. The molecule has 0 radical (unpaired) electrons. The molecule has 0 aromatic carbocycles. The highest BCUT2D eigenvalue weighted by Gasteiger charge is 2.24. The summed E-state index contributed by atoms with van der Waals surface area (Å²) in [7, 11) is 0. The summed E-state index contributed by atoms with van der Waals surface area (Å²) in [5.41, 5.74) is 0.0569. The minimum absolute atomic E-state index is 0.0569. The summed E-state index contributed by atoms with van der Waals surface area (Å²) in [5.74, 6) is 1.67. The maximum atomic E-state index is 5.50. The number of ether oxygens (including phenoxy) is 1. The summed E-state index contributed by atoms with van der Waals surface area (Å²) < 4.78 is 5.50. The van der Waals surface area contributed by atoms with Crippen molar-refractivity contribution in [3.8, 4) is 5.88 Å². The summed E-state index contributed by atoms with van der Waals surface area (Å²) in [5, 5.41) is 10.9. The Morgan fingerprint density at radius 3 is 2.42 bits per heavy atom. The van der Waals surface area contributed by atoms with E-state index in [9.17, 15) is 0 Å². The molecule has 0 unspecified atom stereocenters. The first-order valence-electron chi connectivity index (χ1n) is 8.41. The van der Waals surface area contributed by atoms with Crippen LogP contribution in [-0.4, -0.2) is 48.0 Å². The van der Waals surface area contributed by atoms with Crippen LogP contribution in [0.4, 0.5) is 10.9 Å². The van der Waals surface area contributed by atoms with Crippen LogP contribution in [0.1, 0.15) is 32.7 Å². The first-order valence-corrected chi connectivity index (χ1v) is 9.23. The second-order valence-electron chi connectivity index (χ2n) is 6.88. The lowest BCUT2D eigenvalue weighted by molar-refractivity contribution is 0.327. The Kier molecular flexibility index (Phi) is 4.89. The molecule has 2 aromatic heterocycles. The molecule has 2 aromatic rings. The second-order valence-corrected chi connectivity index (χ2v) is 7.84. The highest BCUT2D eigenvalue weighted by molar-refractivity contribution is 7.15. The number of rotatable bonds is 4. The molecular weight excluding hydrogens is 322 g/mol. The van der Waals surface area contributed by atoms with Gasteiger partial charge in [-0.25, -0.2) is 0 Å². The van der Waals surface area contributed by atoms with E-state index in [1.165, 1.54) is 0 Å². The van der Waals surface area contributed by atoms with Crippen LogP contribution in [0.5, 0.6) is 5.88 Å². The van der Waals surface area contributed by atoms with E-state index in [4.69, 9.17) is 4.74 Å². The Bertz CT molecular complexity index is 674. The highest BCUT2D eigenvalue weighted by Crippen LogP contribution is 2.30. The Labute approximate surface area is 147 Å². The fraction of sp³-hybridized carbons (Fsp3) is 0.588. The van der Waals surface area contributed by atoms with Gasteiger partial charge in [0.05, 0.1) is 6.61 Å². The van der Waals surface area contributed by atoms with Crippen molar-refractivity contribution < 1.29 is 4.74 Å². The van der Waals surface area contributed by atoms with E-state index in [1.54, 1.807) is 11.3 Å². The van der Waals surface area contributed by atoms with Gasteiger partial charge in [0.25, 0.3) is 0 Å². The lowest BCUT2D eigenvalue weighted by Crippen LogP contribution is -2.46. The molecule has 6 nitrogen and oxygen atoms in total. The van der Waals surface area contributed by atoms with Gasteiger partial charge >= 0.3 is 0 Å². The predicted molar refractivity (Wildman–Crippen MR) is 98.4 cm³/mol. The van der Waals surface area contributed by atoms with Crippen molar-refractivity contribution in [1.29, 1.82) is 0 Å². The third kappa shape index (κ3) is 3.77. The number of nitrogens with zero attached hydrogens (tertiary/aromatic N) is 5. The molecule has 0 saturated carbocycles. The molecule has 0 amide bonds. The summed E-state index contributed by atoms with van der Waals surface area (Å²) >= 11 is 1.70. The van der Waals surface area contributed by atoms with Gasteiger partial charge in [0.15, 0.2) is 0 Å². The minimum Gasteiger partial charge on any atom is -0.478 e. The largest absolute Gasteiger partial charge is 0.478 e. The monoisotopic (exact) mass is 347 g/mol. The third-order valence-electron chi connectivity index (χ3n) is 3.93. The normalized spacial score (nSPS) is 15.7. The van der Waals surface area contributed by atoms with Gasteiger partial charge in [0.1, 0.15) is 10.8 Å². The zero-order valence-electron chi connectivity index (χ0n) is 14.8. The van der Waals surface area contributed by atoms with Gasteiger partial charge < -0.3 is 14.5 Å². The van der Waals surface area contributed by atoms with Crippen molar-refractivity contribution in [2.75, 3.05) is 42.6 Å². The Balaban J connectivity index is 1.63. The van der Waals surface area contributed by atoms with Crippen molar-refractivity contribution in [3.05, 3.63) is 23.2 Å². The molecule has 0 aliphatic carbocycles. The number of hydrogen-bond donors (Lipinski definition) is 0. The van der Waals surface area contributed by atoms with Crippen molar-refractivity contribution in [2.45, 2.75) is 33.1 Å². The predicted octanol–water partition coefficient (Wildman–Crippen LogP) is 2.96. The molecule has 24 heavy (non-hydrogen) atoms. The molecule has 1 aliphatic heterocycles. The van der Waals surface area contributed by atoms with Crippen molar-refractivity contribution in [3.63, 3.8) is 0 Å². The molecule has 1 aliphatic rings. The van der Waals surface area contributed by atoms with E-state index in [2.05, 4.69) is 45.8 Å². The van der Waals surface area contributed by atoms with Gasteiger partial charge in [0.2, 0.25) is 11.0 Å². The average molecular weight is 347 g/mol. The van der Waals surface area contributed by atoms with Crippen LogP contribution in [0.3, 0.4) is 0 Å². The molecule has 7 heteroatoms. The van der Waals surface area contributed by atoms with Gasteiger partial charge in [-0.15, -0.1) is 10.2 Å². The number of piperazine rings is 1. The van der Waals surface area contributed by atoms with E-state index in [1.807, 2.05) is 25.1 Å². The van der Waals surface area contributed by atoms with E-state index in [-0.39, 0.29) is 5.41 Å². The fourth-order valence-corrected chi connectivity index (χ4v) is 3.54. The smallest absolute Gasteiger partial charge is 0.215 e. The quantitative estimate of drug-likeness (QED) is 0.847. The van der Waals surface area contributed by atoms with Crippen LogP contribution >= 0.6 is 11.3 Å². The molecule has 0 atom stereocenters. The number of aromatic nitrogens is 3. The second kappa shape index (κ2) is 6.93. The topological polar surface area (TPSA) is 54.4 Å². The van der Waals surface area contributed by atoms with Gasteiger partial charge in [-0.05, 0) is 13.0 Å². The van der Waals surface area contributed by atoms with E-state index >= 15 is 0 Å². The van der Waals surface area contributed by atoms with Crippen molar-refractivity contribution in [2.24, 2.45) is 0 Å². The van der Waals surface area contributed by atoms with Gasteiger partial charge in [-0.3, -0.25) is 0 Å². The van der Waals surface area contributed by atoms with Gasteiger partial charge in [0, 0.05) is 37.7 Å². The first-order chi connectivity index (χ1) is 11.5. The Morgan fingerprint density at radius 1 is 1.08 bits per heavy atom. The minimum atomic E-state index is 0.0569. The maximum absolute atomic E-state index is 5.50. The molecule has 3 heterocycles. The Hall–Kier alpha value is -1.89. The average Bonchev–Trinajstić information content (AvgIpc) is 3.06. The van der Waals surface area contributed by atoms with Crippen LogP contribution in [0.25, 0.3) is 0 Å². The van der Waals surface area contributed by atoms with Crippen LogP contribution in [0, 0.1) is 0 Å². The number of anilines is 2. The zero-order valence-corrected chi connectivity index (χ0v) is 15.6. The zero-order chi connectivity index (χ0) is 17.2. The molecule has 0 bridgehead atoms.